The van der Waals surface area contributed by atoms with E-state index in [0.717, 1.165) is 10.9 Å². The minimum Gasteiger partial charge on any atom is -0.288 e. The van der Waals surface area contributed by atoms with Crippen molar-refractivity contribution < 1.29 is 4.79 Å². The Morgan fingerprint density at radius 2 is 2.07 bits per heavy atom. The molecule has 78 valence electrons. The molecule has 1 aromatic rings. The number of thioether (sulfide) groups is 1. The zero-order valence-corrected chi connectivity index (χ0v) is 10.8. The second-order valence-electron chi connectivity index (χ2n) is 2.91. The number of alkyl halides is 1. The van der Waals surface area contributed by atoms with E-state index < -0.39 is 0 Å². The lowest BCUT2D eigenvalue weighted by atomic mass is 10.2. The van der Waals surface area contributed by atoms with Gasteiger partial charge in [-0.05, 0) is 17.7 Å². The number of hydrogen-bond acceptors (Lipinski definition) is 2. The summed E-state index contributed by atoms with van der Waals surface area (Å²) in [6, 6.07) is 8.05. The zero-order valence-electron chi connectivity index (χ0n) is 8.42. The van der Waals surface area contributed by atoms with E-state index in [9.17, 15) is 4.79 Å². The topological polar surface area (TPSA) is 17.1 Å². The molecule has 0 atom stereocenters. The lowest BCUT2D eigenvalue weighted by molar-refractivity contribution is -0.109. The zero-order chi connectivity index (χ0) is 11.1. The summed E-state index contributed by atoms with van der Waals surface area (Å²) in [5.74, 6) is 6.53. The van der Waals surface area contributed by atoms with Crippen LogP contribution in [0.4, 0.5) is 0 Å². The van der Waals surface area contributed by atoms with Gasteiger partial charge in [-0.2, -0.15) is 0 Å². The molecule has 0 bridgehead atoms. The largest absolute Gasteiger partial charge is 0.288 e. The Kier molecular flexibility index (Phi) is 5.52. The van der Waals surface area contributed by atoms with Crippen LogP contribution in [0.2, 0.25) is 0 Å². The van der Waals surface area contributed by atoms with Gasteiger partial charge in [0.1, 0.15) is 0 Å². The van der Waals surface area contributed by atoms with Crippen molar-refractivity contribution in [2.24, 2.45) is 0 Å². The van der Waals surface area contributed by atoms with Crippen molar-refractivity contribution in [3.8, 4) is 11.8 Å². The third-order valence-corrected chi connectivity index (χ3v) is 3.03. The van der Waals surface area contributed by atoms with E-state index in [1.54, 1.807) is 6.92 Å². The van der Waals surface area contributed by atoms with Gasteiger partial charge in [0.25, 0.3) is 0 Å². The van der Waals surface area contributed by atoms with Gasteiger partial charge in [0, 0.05) is 17.8 Å². The van der Waals surface area contributed by atoms with Crippen molar-refractivity contribution in [1.29, 1.82) is 0 Å². The molecule has 0 unspecified atom stereocenters. The number of benzene rings is 1. The highest BCUT2D eigenvalue weighted by Gasteiger charge is 1.90. The quantitative estimate of drug-likeness (QED) is 0.612. The fourth-order valence-corrected chi connectivity index (χ4v) is 1.67. The summed E-state index contributed by atoms with van der Waals surface area (Å²) in [6.07, 6.45) is 0. The summed E-state index contributed by atoms with van der Waals surface area (Å²) < 4.78 is 0. The maximum Gasteiger partial charge on any atom is 0.186 e. The molecule has 1 rings (SSSR count). The van der Waals surface area contributed by atoms with Crippen molar-refractivity contribution in [2.75, 3.05) is 5.75 Å². The highest BCUT2D eigenvalue weighted by atomic mass is 79.9. The number of carbonyl (C=O) groups is 1. The van der Waals surface area contributed by atoms with Gasteiger partial charge in [-0.1, -0.05) is 51.7 Å². The highest BCUT2D eigenvalue weighted by molar-refractivity contribution is 9.08. The van der Waals surface area contributed by atoms with Crippen molar-refractivity contribution in [1.82, 2.24) is 0 Å². The van der Waals surface area contributed by atoms with E-state index in [4.69, 9.17) is 0 Å². The highest BCUT2D eigenvalue weighted by Crippen LogP contribution is 2.07. The van der Waals surface area contributed by atoms with E-state index in [2.05, 4.69) is 27.8 Å². The van der Waals surface area contributed by atoms with E-state index >= 15 is 0 Å². The van der Waals surface area contributed by atoms with Crippen LogP contribution in [0.5, 0.6) is 0 Å². The second-order valence-corrected chi connectivity index (χ2v) is 4.63. The molecule has 0 aromatic heterocycles. The summed E-state index contributed by atoms with van der Waals surface area (Å²) in [5.41, 5.74) is 2.22. The normalized spacial score (nSPS) is 9.20. The molecule has 1 aromatic carbocycles. The molecule has 0 saturated carbocycles. The maximum atomic E-state index is 10.6. The van der Waals surface area contributed by atoms with Crippen LogP contribution < -0.4 is 0 Å². The third kappa shape index (κ3) is 5.06. The summed E-state index contributed by atoms with van der Waals surface area (Å²) in [6.45, 7) is 1.55. The number of rotatable bonds is 2. The number of hydrogen-bond donors (Lipinski definition) is 0. The van der Waals surface area contributed by atoms with Gasteiger partial charge in [0.2, 0.25) is 0 Å². The first-order chi connectivity index (χ1) is 7.22. The predicted octanol–water partition coefficient (Wildman–Crippen LogP) is 3.21. The van der Waals surface area contributed by atoms with E-state index in [1.807, 2.05) is 24.3 Å². The van der Waals surface area contributed by atoms with Gasteiger partial charge >= 0.3 is 0 Å². The summed E-state index contributed by atoms with van der Waals surface area (Å²) in [7, 11) is 0. The van der Waals surface area contributed by atoms with Crippen LogP contribution in [0.1, 0.15) is 18.1 Å². The predicted molar refractivity (Wildman–Crippen MR) is 69.1 cm³/mol. The fraction of sp³-hybridized carbons (Fsp3) is 0.250. The summed E-state index contributed by atoms with van der Waals surface area (Å²) in [4.78, 5) is 10.6. The summed E-state index contributed by atoms with van der Waals surface area (Å²) in [5, 5.41) is 0.972. The molecule has 0 aliphatic rings. The van der Waals surface area contributed by atoms with Crippen LogP contribution in [-0.2, 0) is 10.1 Å². The Morgan fingerprint density at radius 3 is 2.60 bits per heavy atom. The average molecular weight is 283 g/mol. The molecule has 0 fully saturated rings. The Labute approximate surface area is 103 Å². The van der Waals surface area contributed by atoms with Gasteiger partial charge in [-0.25, -0.2) is 0 Å². The van der Waals surface area contributed by atoms with Crippen LogP contribution in [0, 0.1) is 11.8 Å². The minimum absolute atomic E-state index is 0.110. The van der Waals surface area contributed by atoms with E-state index in [-0.39, 0.29) is 5.12 Å². The lowest BCUT2D eigenvalue weighted by Gasteiger charge is -1.94. The molecule has 3 heteroatoms. The van der Waals surface area contributed by atoms with Crippen LogP contribution in [0.15, 0.2) is 24.3 Å². The van der Waals surface area contributed by atoms with Crippen LogP contribution in [-0.4, -0.2) is 10.9 Å². The Bertz CT molecular complexity index is 386. The van der Waals surface area contributed by atoms with Crippen LogP contribution in [0.25, 0.3) is 0 Å². The van der Waals surface area contributed by atoms with Gasteiger partial charge in [0.05, 0.1) is 5.75 Å². The van der Waals surface area contributed by atoms with Gasteiger partial charge in [0.15, 0.2) is 5.12 Å². The lowest BCUT2D eigenvalue weighted by Crippen LogP contribution is -1.82. The van der Waals surface area contributed by atoms with Gasteiger partial charge in [-0.3, -0.25) is 4.79 Å². The van der Waals surface area contributed by atoms with Crippen molar-refractivity contribution >= 4 is 32.8 Å². The molecule has 0 aliphatic carbocycles. The van der Waals surface area contributed by atoms with Gasteiger partial charge in [-0.15, -0.1) is 0 Å². The first-order valence-corrected chi connectivity index (χ1v) is 6.60. The Hall–Kier alpha value is -0.720. The molecule has 0 saturated heterocycles. The Balaban J connectivity index is 2.52. The molecule has 0 N–H and O–H groups in total. The molecule has 0 aliphatic heterocycles. The van der Waals surface area contributed by atoms with Crippen LogP contribution >= 0.6 is 27.7 Å². The molecule has 0 spiro atoms. The number of halogens is 1. The first-order valence-electron chi connectivity index (χ1n) is 4.49. The molecular weight excluding hydrogens is 272 g/mol. The first kappa shape index (κ1) is 12.4. The Morgan fingerprint density at radius 1 is 1.40 bits per heavy atom. The molecule has 15 heavy (non-hydrogen) atoms. The third-order valence-electron chi connectivity index (χ3n) is 1.69. The summed E-state index contributed by atoms with van der Waals surface area (Å²) >= 11 is 4.62. The smallest absolute Gasteiger partial charge is 0.186 e. The van der Waals surface area contributed by atoms with E-state index in [0.29, 0.717) is 5.75 Å². The standard InChI is InChI=1S/C12H11BrOS/c1-10(14)15-8-2-3-11-4-6-12(9-13)7-5-11/h4-7H,8-9H2,1H3. The van der Waals surface area contributed by atoms with Crippen molar-refractivity contribution in [3.05, 3.63) is 35.4 Å². The van der Waals surface area contributed by atoms with Crippen LogP contribution in [0.3, 0.4) is 0 Å². The minimum atomic E-state index is 0.110. The molecule has 0 heterocycles. The molecule has 1 nitrogen and oxygen atoms in total. The maximum absolute atomic E-state index is 10.6. The molecule has 0 radical (unpaired) electrons. The number of carbonyl (C=O) groups excluding carboxylic acids is 1. The second kappa shape index (κ2) is 6.71. The van der Waals surface area contributed by atoms with Crippen molar-refractivity contribution in [2.45, 2.75) is 12.3 Å². The monoisotopic (exact) mass is 282 g/mol. The van der Waals surface area contributed by atoms with E-state index in [1.165, 1.54) is 17.3 Å². The van der Waals surface area contributed by atoms with Crippen molar-refractivity contribution in [3.63, 3.8) is 0 Å². The van der Waals surface area contributed by atoms with Gasteiger partial charge < -0.3 is 0 Å². The average Bonchev–Trinajstić information content (AvgIpc) is 2.25. The molecule has 0 amide bonds. The molecular formula is C12H11BrOS. The fourth-order valence-electron chi connectivity index (χ4n) is 0.953. The SMILES string of the molecule is CC(=O)SCC#Cc1ccc(CBr)cc1.